The van der Waals surface area contributed by atoms with Crippen molar-refractivity contribution in [1.82, 2.24) is 0 Å². The van der Waals surface area contributed by atoms with Crippen molar-refractivity contribution in [3.8, 4) is 0 Å². The van der Waals surface area contributed by atoms with Crippen LogP contribution in [0, 0.1) is 6.92 Å². The van der Waals surface area contributed by atoms with Gasteiger partial charge in [0.05, 0.1) is 5.69 Å². The van der Waals surface area contributed by atoms with E-state index in [0.717, 1.165) is 16.2 Å². The van der Waals surface area contributed by atoms with Crippen LogP contribution in [0.5, 0.6) is 0 Å². The van der Waals surface area contributed by atoms with Crippen molar-refractivity contribution in [2.75, 3.05) is 10.2 Å². The maximum Gasteiger partial charge on any atom is 0.283 e. The minimum atomic E-state index is -0.519. The Kier molecular flexibility index (Phi) is 3.69. The standard InChI is InChI=1S/C17H13ClN2O2/c1-11-7-5-6-10-13(11)19-15-14(18)16(21)20(17(15)22)12-8-3-2-4-9-12/h2-10,19H,1H3. The van der Waals surface area contributed by atoms with Crippen molar-refractivity contribution in [2.45, 2.75) is 6.92 Å². The van der Waals surface area contributed by atoms with E-state index in [2.05, 4.69) is 5.32 Å². The zero-order valence-corrected chi connectivity index (χ0v) is 12.6. The van der Waals surface area contributed by atoms with Gasteiger partial charge in [0.1, 0.15) is 10.7 Å². The third-order valence-corrected chi connectivity index (χ3v) is 3.80. The molecule has 0 radical (unpaired) electrons. The number of anilines is 2. The smallest absolute Gasteiger partial charge is 0.283 e. The molecule has 3 rings (SSSR count). The average molecular weight is 313 g/mol. The monoisotopic (exact) mass is 312 g/mol. The Labute approximate surface area is 133 Å². The lowest BCUT2D eigenvalue weighted by Crippen LogP contribution is -2.32. The number of hydrogen-bond donors (Lipinski definition) is 1. The lowest BCUT2D eigenvalue weighted by atomic mass is 10.2. The predicted molar refractivity (Wildman–Crippen MR) is 86.6 cm³/mol. The number of amides is 2. The third kappa shape index (κ3) is 2.38. The van der Waals surface area contributed by atoms with Gasteiger partial charge in [0.15, 0.2) is 0 Å². The summed E-state index contributed by atoms with van der Waals surface area (Å²) in [6.07, 6.45) is 0. The number of carbonyl (C=O) groups excluding carboxylic acids is 2. The van der Waals surface area contributed by atoms with Crippen molar-refractivity contribution in [2.24, 2.45) is 0 Å². The van der Waals surface area contributed by atoms with Gasteiger partial charge >= 0.3 is 0 Å². The summed E-state index contributed by atoms with van der Waals surface area (Å²) in [6, 6.07) is 16.2. The van der Waals surface area contributed by atoms with Gasteiger partial charge in [-0.15, -0.1) is 0 Å². The second kappa shape index (κ2) is 5.66. The third-order valence-electron chi connectivity index (χ3n) is 3.45. The molecule has 1 aliphatic rings. The molecular formula is C17H13ClN2O2. The van der Waals surface area contributed by atoms with E-state index in [1.165, 1.54) is 0 Å². The van der Waals surface area contributed by atoms with Gasteiger partial charge in [0, 0.05) is 5.69 Å². The van der Waals surface area contributed by atoms with E-state index in [-0.39, 0.29) is 10.7 Å². The molecule has 0 fully saturated rings. The van der Waals surface area contributed by atoms with Crippen molar-refractivity contribution in [3.63, 3.8) is 0 Å². The van der Waals surface area contributed by atoms with Gasteiger partial charge < -0.3 is 5.32 Å². The average Bonchev–Trinajstić information content (AvgIpc) is 2.74. The number of rotatable bonds is 3. The quantitative estimate of drug-likeness (QED) is 0.883. The first kappa shape index (κ1) is 14.4. The number of benzene rings is 2. The molecule has 110 valence electrons. The van der Waals surface area contributed by atoms with E-state index < -0.39 is 11.8 Å². The molecule has 0 spiro atoms. The fourth-order valence-electron chi connectivity index (χ4n) is 2.27. The topological polar surface area (TPSA) is 49.4 Å². The van der Waals surface area contributed by atoms with Gasteiger partial charge in [-0.05, 0) is 30.7 Å². The molecule has 0 saturated carbocycles. The molecule has 0 aromatic heterocycles. The van der Waals surface area contributed by atoms with Crippen LogP contribution in [-0.4, -0.2) is 11.8 Å². The Bertz CT molecular complexity index is 784. The van der Waals surface area contributed by atoms with Gasteiger partial charge in [-0.2, -0.15) is 0 Å². The van der Waals surface area contributed by atoms with Crippen LogP contribution in [-0.2, 0) is 9.59 Å². The van der Waals surface area contributed by atoms with Gasteiger partial charge in [0.2, 0.25) is 0 Å². The van der Waals surface area contributed by atoms with Gasteiger partial charge in [-0.1, -0.05) is 48.0 Å². The fraction of sp³-hybridized carbons (Fsp3) is 0.0588. The lowest BCUT2D eigenvalue weighted by Gasteiger charge is -2.15. The number of aryl methyl sites for hydroxylation is 1. The van der Waals surface area contributed by atoms with Gasteiger partial charge in [-0.3, -0.25) is 9.59 Å². The molecule has 5 heteroatoms. The highest BCUT2D eigenvalue weighted by Crippen LogP contribution is 2.30. The maximum atomic E-state index is 12.5. The van der Waals surface area contributed by atoms with Crippen LogP contribution < -0.4 is 10.2 Å². The highest BCUT2D eigenvalue weighted by atomic mass is 35.5. The summed E-state index contributed by atoms with van der Waals surface area (Å²) in [5, 5.41) is 2.87. The highest BCUT2D eigenvalue weighted by Gasteiger charge is 2.38. The highest BCUT2D eigenvalue weighted by molar-refractivity contribution is 6.53. The zero-order valence-electron chi connectivity index (χ0n) is 11.8. The number of hydrogen-bond acceptors (Lipinski definition) is 3. The molecule has 0 atom stereocenters. The molecule has 0 saturated heterocycles. The Balaban J connectivity index is 1.95. The summed E-state index contributed by atoms with van der Waals surface area (Å²) in [6.45, 7) is 1.91. The number of para-hydroxylation sites is 2. The molecule has 2 aromatic rings. The first-order valence-electron chi connectivity index (χ1n) is 6.76. The number of nitrogens with one attached hydrogen (secondary N) is 1. The van der Waals surface area contributed by atoms with E-state index in [1.807, 2.05) is 37.3 Å². The van der Waals surface area contributed by atoms with E-state index in [1.54, 1.807) is 24.3 Å². The molecule has 1 aliphatic heterocycles. The molecule has 2 aromatic carbocycles. The van der Waals surface area contributed by atoms with Crippen LogP contribution in [0.4, 0.5) is 11.4 Å². The Morgan fingerprint density at radius 3 is 2.23 bits per heavy atom. The normalized spacial score (nSPS) is 14.7. The summed E-state index contributed by atoms with van der Waals surface area (Å²) >= 11 is 6.08. The van der Waals surface area contributed by atoms with Gasteiger partial charge in [-0.25, -0.2) is 4.90 Å². The van der Waals surface area contributed by atoms with Gasteiger partial charge in [0.25, 0.3) is 11.8 Å². The summed E-state index contributed by atoms with van der Waals surface area (Å²) < 4.78 is 0. The fourth-order valence-corrected chi connectivity index (χ4v) is 2.48. The van der Waals surface area contributed by atoms with E-state index in [9.17, 15) is 9.59 Å². The maximum absolute atomic E-state index is 12.5. The number of carbonyl (C=O) groups is 2. The summed E-state index contributed by atoms with van der Waals surface area (Å²) in [7, 11) is 0. The molecule has 0 unspecified atom stereocenters. The SMILES string of the molecule is Cc1ccccc1NC1=C(Cl)C(=O)N(c2ccccc2)C1=O. The van der Waals surface area contributed by atoms with Crippen LogP contribution in [0.25, 0.3) is 0 Å². The van der Waals surface area contributed by atoms with Crippen molar-refractivity contribution >= 4 is 34.8 Å². The van der Waals surface area contributed by atoms with Crippen LogP contribution in [0.2, 0.25) is 0 Å². The summed E-state index contributed by atoms with van der Waals surface area (Å²) in [5.41, 5.74) is 2.30. The first-order chi connectivity index (χ1) is 10.6. The summed E-state index contributed by atoms with van der Waals surface area (Å²) in [5.74, 6) is -0.974. The second-order valence-electron chi connectivity index (χ2n) is 4.91. The number of nitrogens with zero attached hydrogens (tertiary/aromatic N) is 1. The van der Waals surface area contributed by atoms with Crippen LogP contribution in [0.3, 0.4) is 0 Å². The largest absolute Gasteiger partial charge is 0.349 e. The van der Waals surface area contributed by atoms with E-state index in [0.29, 0.717) is 5.69 Å². The minimum Gasteiger partial charge on any atom is -0.349 e. The Hall–Kier alpha value is -2.59. The number of imide groups is 1. The van der Waals surface area contributed by atoms with E-state index >= 15 is 0 Å². The Morgan fingerprint density at radius 1 is 0.909 bits per heavy atom. The number of halogens is 1. The van der Waals surface area contributed by atoms with Crippen molar-refractivity contribution < 1.29 is 9.59 Å². The minimum absolute atomic E-state index is 0.0999. The van der Waals surface area contributed by atoms with E-state index in [4.69, 9.17) is 11.6 Å². The van der Waals surface area contributed by atoms with Crippen LogP contribution >= 0.6 is 11.6 Å². The van der Waals surface area contributed by atoms with Crippen molar-refractivity contribution in [3.05, 3.63) is 70.9 Å². The zero-order chi connectivity index (χ0) is 15.7. The molecule has 2 amide bonds. The molecule has 4 nitrogen and oxygen atoms in total. The molecule has 1 N–H and O–H groups in total. The molecule has 22 heavy (non-hydrogen) atoms. The first-order valence-corrected chi connectivity index (χ1v) is 7.13. The van der Waals surface area contributed by atoms with Crippen LogP contribution in [0.1, 0.15) is 5.56 Å². The lowest BCUT2D eigenvalue weighted by molar-refractivity contribution is -0.120. The van der Waals surface area contributed by atoms with Crippen molar-refractivity contribution in [1.29, 1.82) is 0 Å². The predicted octanol–water partition coefficient (Wildman–Crippen LogP) is 3.43. The summed E-state index contributed by atoms with van der Waals surface area (Å²) in [4.78, 5) is 25.9. The molecular weight excluding hydrogens is 300 g/mol. The van der Waals surface area contributed by atoms with Crippen LogP contribution in [0.15, 0.2) is 65.3 Å². The molecule has 0 aliphatic carbocycles. The molecule has 1 heterocycles. The Morgan fingerprint density at radius 2 is 1.55 bits per heavy atom. The second-order valence-corrected chi connectivity index (χ2v) is 5.29. The molecule has 0 bridgehead atoms.